The fourth-order valence-electron chi connectivity index (χ4n) is 1.75. The van der Waals surface area contributed by atoms with Crippen molar-refractivity contribution in [3.8, 4) is 0 Å². The first-order valence-electron chi connectivity index (χ1n) is 5.01. The summed E-state index contributed by atoms with van der Waals surface area (Å²) in [5, 5.41) is 10.1. The quantitative estimate of drug-likeness (QED) is 0.666. The summed E-state index contributed by atoms with van der Waals surface area (Å²) < 4.78 is 20.9. The smallest absolute Gasteiger partial charge is 0.102 e. The third kappa shape index (κ3) is 3.94. The van der Waals surface area contributed by atoms with Gasteiger partial charge in [0.15, 0.2) is 0 Å². The lowest BCUT2D eigenvalue weighted by Crippen LogP contribution is -2.44. The number of aliphatic hydroxyl groups is 1. The molecular weight excluding hydrogens is 200 g/mol. The molecule has 1 aliphatic carbocycles. The zero-order valence-corrected chi connectivity index (χ0v) is 9.69. The highest BCUT2D eigenvalue weighted by Gasteiger charge is 2.31. The third-order valence-corrected chi connectivity index (χ3v) is 3.58. The highest BCUT2D eigenvalue weighted by Crippen LogP contribution is 2.31. The molecule has 84 valence electrons. The van der Waals surface area contributed by atoms with Gasteiger partial charge >= 0.3 is 0 Å². The Morgan fingerprint density at radius 1 is 1.57 bits per heavy atom. The molecule has 0 aromatic carbocycles. The molecule has 0 aromatic rings. The molecule has 0 amide bonds. The molecule has 5 heteroatoms. The van der Waals surface area contributed by atoms with Crippen LogP contribution in [0, 0.1) is 10.7 Å². The maximum Gasteiger partial charge on any atom is 0.102 e. The Kier molecular flexibility index (Phi) is 3.55. The van der Waals surface area contributed by atoms with Gasteiger partial charge in [-0.15, -0.1) is 0 Å². The van der Waals surface area contributed by atoms with E-state index in [4.69, 9.17) is 4.78 Å². The predicted octanol–water partition coefficient (Wildman–Crippen LogP) is 1.11. The summed E-state index contributed by atoms with van der Waals surface area (Å²) in [6.07, 6.45) is 4.86. The van der Waals surface area contributed by atoms with Crippen molar-refractivity contribution in [3.63, 3.8) is 0 Å². The average Bonchev–Trinajstić information content (AvgIpc) is 2.07. The third-order valence-electron chi connectivity index (χ3n) is 2.88. The van der Waals surface area contributed by atoms with Crippen molar-refractivity contribution < 1.29 is 9.32 Å². The number of hydrogen-bond donors (Lipinski definition) is 3. The molecule has 0 radical (unpaired) electrons. The highest BCUT2D eigenvalue weighted by molar-refractivity contribution is 7.89. The molecule has 0 aliphatic heterocycles. The van der Waals surface area contributed by atoms with Gasteiger partial charge in [0.05, 0.1) is 5.60 Å². The number of rotatable bonds is 3. The van der Waals surface area contributed by atoms with E-state index in [1.54, 1.807) is 0 Å². The minimum absolute atomic E-state index is 0.276. The van der Waals surface area contributed by atoms with Crippen LogP contribution < -0.4 is 4.72 Å². The van der Waals surface area contributed by atoms with E-state index in [9.17, 15) is 9.32 Å². The summed E-state index contributed by atoms with van der Waals surface area (Å²) in [5.74, 6) is 0.678. The van der Waals surface area contributed by atoms with E-state index in [0.29, 0.717) is 5.92 Å². The SMILES string of the molecule is CC1CCC(O)(CNS(C)(=N)=O)CC1. The van der Waals surface area contributed by atoms with Crippen LogP contribution >= 0.6 is 0 Å². The Balaban J connectivity index is 2.43. The molecular formula is C9H20N2O2S. The molecule has 1 saturated carbocycles. The van der Waals surface area contributed by atoms with E-state index >= 15 is 0 Å². The van der Waals surface area contributed by atoms with Crippen molar-refractivity contribution >= 4 is 9.92 Å². The summed E-state index contributed by atoms with van der Waals surface area (Å²) >= 11 is 0. The predicted molar refractivity (Wildman–Crippen MR) is 57.4 cm³/mol. The molecule has 1 aliphatic rings. The second-order valence-corrected chi connectivity index (χ2v) is 6.55. The molecule has 14 heavy (non-hydrogen) atoms. The van der Waals surface area contributed by atoms with Crippen LogP contribution in [-0.2, 0) is 9.92 Å². The van der Waals surface area contributed by atoms with Crippen LogP contribution in [0.5, 0.6) is 0 Å². The van der Waals surface area contributed by atoms with Gasteiger partial charge < -0.3 is 5.11 Å². The van der Waals surface area contributed by atoms with Gasteiger partial charge in [0.1, 0.15) is 9.92 Å². The molecule has 1 unspecified atom stereocenters. The Morgan fingerprint density at radius 3 is 2.50 bits per heavy atom. The fraction of sp³-hybridized carbons (Fsp3) is 1.00. The van der Waals surface area contributed by atoms with Crippen LogP contribution in [0.4, 0.5) is 0 Å². The standard InChI is InChI=1S/C9H20N2O2S/c1-8-3-5-9(12,6-4-8)7-11-14(2,10)13/h8,12H,3-7H2,1-2H3,(H2,10,11,13). The van der Waals surface area contributed by atoms with Crippen LogP contribution in [0.1, 0.15) is 32.6 Å². The summed E-state index contributed by atoms with van der Waals surface area (Å²) in [6, 6.07) is 0. The van der Waals surface area contributed by atoms with Crippen molar-refractivity contribution in [1.29, 1.82) is 4.78 Å². The Morgan fingerprint density at radius 2 is 2.07 bits per heavy atom. The van der Waals surface area contributed by atoms with Crippen molar-refractivity contribution in [2.75, 3.05) is 12.8 Å². The second kappa shape index (κ2) is 4.16. The first kappa shape index (κ1) is 11.9. The van der Waals surface area contributed by atoms with Crippen LogP contribution in [0.3, 0.4) is 0 Å². The van der Waals surface area contributed by atoms with E-state index in [1.807, 2.05) is 0 Å². The van der Waals surface area contributed by atoms with E-state index in [-0.39, 0.29) is 6.54 Å². The van der Waals surface area contributed by atoms with Crippen LogP contribution in [0.25, 0.3) is 0 Å². The summed E-state index contributed by atoms with van der Waals surface area (Å²) in [7, 11) is -2.69. The van der Waals surface area contributed by atoms with Gasteiger partial charge in [0, 0.05) is 12.8 Å². The molecule has 0 bridgehead atoms. The first-order valence-corrected chi connectivity index (χ1v) is 6.98. The van der Waals surface area contributed by atoms with Gasteiger partial charge in [0.2, 0.25) is 0 Å². The van der Waals surface area contributed by atoms with Gasteiger partial charge in [-0.1, -0.05) is 6.92 Å². The van der Waals surface area contributed by atoms with Gasteiger partial charge in [-0.3, -0.25) is 0 Å². The summed E-state index contributed by atoms with van der Waals surface area (Å²) in [4.78, 5) is 0. The number of hydrogen-bond acceptors (Lipinski definition) is 3. The van der Waals surface area contributed by atoms with Crippen molar-refractivity contribution in [1.82, 2.24) is 4.72 Å². The first-order chi connectivity index (χ1) is 6.31. The average molecular weight is 220 g/mol. The van der Waals surface area contributed by atoms with E-state index < -0.39 is 15.5 Å². The van der Waals surface area contributed by atoms with Gasteiger partial charge in [0.25, 0.3) is 0 Å². The zero-order chi connectivity index (χ0) is 10.8. The summed E-state index contributed by atoms with van der Waals surface area (Å²) in [6.45, 7) is 2.46. The Hall–Kier alpha value is -0.130. The van der Waals surface area contributed by atoms with E-state index in [2.05, 4.69) is 11.6 Å². The van der Waals surface area contributed by atoms with Crippen LogP contribution in [0.15, 0.2) is 0 Å². The minimum Gasteiger partial charge on any atom is -0.389 e. The van der Waals surface area contributed by atoms with Gasteiger partial charge in [-0.25, -0.2) is 13.7 Å². The lowest BCUT2D eigenvalue weighted by atomic mass is 9.80. The van der Waals surface area contributed by atoms with Crippen molar-refractivity contribution in [3.05, 3.63) is 0 Å². The molecule has 0 spiro atoms. The van der Waals surface area contributed by atoms with Gasteiger partial charge in [-0.2, -0.15) is 0 Å². The van der Waals surface area contributed by atoms with Crippen LogP contribution in [-0.4, -0.2) is 27.7 Å². The fourth-order valence-corrected chi connectivity index (χ4v) is 2.29. The largest absolute Gasteiger partial charge is 0.389 e. The molecule has 1 fully saturated rings. The monoisotopic (exact) mass is 220 g/mol. The molecule has 4 nitrogen and oxygen atoms in total. The maximum atomic E-state index is 11.1. The molecule has 1 atom stereocenters. The zero-order valence-electron chi connectivity index (χ0n) is 8.88. The molecule has 1 rings (SSSR count). The van der Waals surface area contributed by atoms with Crippen molar-refractivity contribution in [2.24, 2.45) is 5.92 Å². The van der Waals surface area contributed by atoms with E-state index in [0.717, 1.165) is 25.7 Å². The molecule has 0 saturated heterocycles. The Labute approximate surface area is 86.2 Å². The normalized spacial score (nSPS) is 37.8. The minimum atomic E-state index is -2.69. The van der Waals surface area contributed by atoms with Crippen LogP contribution in [0.2, 0.25) is 0 Å². The second-order valence-electron chi connectivity index (χ2n) is 4.57. The summed E-state index contributed by atoms with van der Waals surface area (Å²) in [5.41, 5.74) is -0.744. The molecule has 0 aromatic heterocycles. The maximum absolute atomic E-state index is 11.1. The number of nitrogens with one attached hydrogen (secondary N) is 2. The molecule has 0 heterocycles. The van der Waals surface area contributed by atoms with E-state index in [1.165, 1.54) is 6.26 Å². The topological polar surface area (TPSA) is 73.2 Å². The van der Waals surface area contributed by atoms with Gasteiger partial charge in [-0.05, 0) is 31.6 Å². The van der Waals surface area contributed by atoms with Crippen molar-refractivity contribution in [2.45, 2.75) is 38.2 Å². The highest BCUT2D eigenvalue weighted by atomic mass is 32.2. The lowest BCUT2D eigenvalue weighted by Gasteiger charge is -2.34. The molecule has 3 N–H and O–H groups in total. The lowest BCUT2D eigenvalue weighted by molar-refractivity contribution is -0.00164. The Bertz CT molecular complexity index is 279.